The maximum Gasteiger partial charge on any atom is 0.407 e. The van der Waals surface area contributed by atoms with E-state index in [1.165, 1.54) is 18.2 Å². The third kappa shape index (κ3) is 10.6. The van der Waals surface area contributed by atoms with E-state index in [2.05, 4.69) is 35.0 Å². The first-order chi connectivity index (χ1) is 40.0. The van der Waals surface area contributed by atoms with E-state index in [1.54, 1.807) is 12.2 Å². The third-order valence-corrected chi connectivity index (χ3v) is 20.3. The molecule has 2 saturated heterocycles. The number of fused-ring (bicyclic) bond motifs is 10. The number of imide groups is 1. The highest BCUT2D eigenvalue weighted by atomic mass is 16.7. The summed E-state index contributed by atoms with van der Waals surface area (Å²) in [6, 6.07) is 12.3. The molecule has 3 aliphatic heterocycles. The summed E-state index contributed by atoms with van der Waals surface area (Å²) in [7, 11) is 0. The predicted octanol–water partition coefficient (Wildman–Crippen LogP) is 2.88. The number of carbonyl (C=O) groups excluding carboxylic acids is 7. The van der Waals surface area contributed by atoms with Crippen molar-refractivity contribution in [1.82, 2.24) is 15.5 Å². The molecule has 23 heteroatoms. The number of hydrogen-bond acceptors (Lipinski definition) is 18. The summed E-state index contributed by atoms with van der Waals surface area (Å²) in [4.78, 5) is 102. The molecule has 84 heavy (non-hydrogen) atoms. The summed E-state index contributed by atoms with van der Waals surface area (Å²) in [6.07, 6.45) is 2.22. The van der Waals surface area contributed by atoms with Crippen LogP contribution in [0.2, 0.25) is 0 Å². The van der Waals surface area contributed by atoms with Crippen molar-refractivity contribution in [3.05, 3.63) is 95.1 Å². The molecule has 7 aliphatic carbocycles. The van der Waals surface area contributed by atoms with Gasteiger partial charge in [0.15, 0.2) is 29.6 Å². The van der Waals surface area contributed by atoms with Crippen molar-refractivity contribution < 1.29 is 92.7 Å². The quantitative estimate of drug-likeness (QED) is 0.0969. The highest BCUT2D eigenvalue weighted by molar-refractivity contribution is 6.13. The Balaban J connectivity index is 0.688. The third-order valence-electron chi connectivity index (χ3n) is 20.3. The van der Waals surface area contributed by atoms with Gasteiger partial charge in [-0.25, -0.2) is 9.59 Å². The highest BCUT2D eigenvalue weighted by Crippen LogP contribution is 2.70. The maximum atomic E-state index is 14.1. The minimum Gasteiger partial charge on any atom is -0.479 e. The number of carbonyl (C=O) groups is 8. The zero-order valence-corrected chi connectivity index (χ0v) is 46.7. The van der Waals surface area contributed by atoms with Crippen molar-refractivity contribution in [2.45, 2.75) is 164 Å². The van der Waals surface area contributed by atoms with E-state index in [-0.39, 0.29) is 79.3 Å². The smallest absolute Gasteiger partial charge is 0.407 e. The van der Waals surface area contributed by atoms with Gasteiger partial charge in [-0.05, 0) is 123 Å². The fourth-order valence-corrected chi connectivity index (χ4v) is 15.8. The van der Waals surface area contributed by atoms with E-state index in [9.17, 15) is 69.0 Å². The van der Waals surface area contributed by atoms with Crippen LogP contribution in [0.15, 0.2) is 78.4 Å². The van der Waals surface area contributed by atoms with Gasteiger partial charge >= 0.3 is 12.1 Å². The van der Waals surface area contributed by atoms with Crippen LogP contribution in [0.3, 0.4) is 0 Å². The molecule has 6 saturated carbocycles. The van der Waals surface area contributed by atoms with Gasteiger partial charge in [0.25, 0.3) is 11.8 Å². The second kappa shape index (κ2) is 22.6. The molecule has 12 rings (SSSR count). The molecule has 5 amide bonds. The zero-order chi connectivity index (χ0) is 59.7. The van der Waals surface area contributed by atoms with Crippen molar-refractivity contribution >= 4 is 52.9 Å². The highest BCUT2D eigenvalue weighted by Gasteiger charge is 2.76. The Morgan fingerprint density at radius 1 is 0.821 bits per heavy atom. The summed E-state index contributed by atoms with van der Waals surface area (Å²) in [5.41, 5.74) is -0.0156. The van der Waals surface area contributed by atoms with Gasteiger partial charge in [-0.3, -0.25) is 33.7 Å². The lowest BCUT2D eigenvalue weighted by Gasteiger charge is -2.59. The Labute approximate surface area is 483 Å². The molecule has 10 aliphatic rings. The minimum atomic E-state index is -1.99. The maximum absolute atomic E-state index is 14.1. The van der Waals surface area contributed by atoms with Crippen LogP contribution in [-0.2, 0) is 65.5 Å². The molecule has 8 fully saturated rings. The second-order valence-electron chi connectivity index (χ2n) is 25.0. The van der Waals surface area contributed by atoms with Crippen molar-refractivity contribution in [2.24, 2.45) is 34.0 Å². The van der Waals surface area contributed by atoms with E-state index in [0.717, 1.165) is 91.5 Å². The molecule has 23 nitrogen and oxygen atoms in total. The molecule has 0 aromatic heterocycles. The number of hydrogen-bond donors (Lipinski definition) is 9. The van der Waals surface area contributed by atoms with Crippen molar-refractivity contribution in [2.75, 3.05) is 25.0 Å². The van der Waals surface area contributed by atoms with Gasteiger partial charge in [-0.1, -0.05) is 55.8 Å². The molecular weight excluding hydrogens is 1090 g/mol. The normalized spacial score (nSPS) is 37.1. The van der Waals surface area contributed by atoms with Crippen LogP contribution >= 0.6 is 0 Å². The number of nitrogens with zero attached hydrogens (tertiary/aromatic N) is 1. The Hall–Kier alpha value is -6.70. The molecule has 450 valence electrons. The molecule has 0 spiro atoms. The number of aliphatic hydroxyl groups is 5. The molecule has 2 bridgehead atoms. The molecule has 3 heterocycles. The van der Waals surface area contributed by atoms with Crippen molar-refractivity contribution in [1.29, 1.82) is 0 Å². The molecular formula is C61H72N4O19. The van der Waals surface area contributed by atoms with Crippen molar-refractivity contribution in [3.8, 4) is 5.75 Å². The lowest BCUT2D eigenvalue weighted by molar-refractivity contribution is -0.271. The number of carboxylic acids is 1. The van der Waals surface area contributed by atoms with E-state index in [1.807, 2.05) is 25.1 Å². The van der Waals surface area contributed by atoms with Crippen LogP contribution in [0.25, 0.3) is 0 Å². The van der Waals surface area contributed by atoms with Gasteiger partial charge < -0.3 is 70.3 Å². The number of nitrogens with one attached hydrogen (secondary N) is 3. The Kier molecular flexibility index (Phi) is 15.9. The Morgan fingerprint density at radius 2 is 1.52 bits per heavy atom. The minimum absolute atomic E-state index is 0.00127. The number of allylic oxidation sites excluding steroid dienone is 4. The Bertz CT molecular complexity index is 3060. The van der Waals surface area contributed by atoms with Gasteiger partial charge in [-0.15, -0.1) is 0 Å². The number of amides is 5. The lowest BCUT2D eigenvalue weighted by Crippen LogP contribution is -2.63. The fraction of sp³-hybridized carbons (Fsp3) is 0.574. The first-order valence-corrected chi connectivity index (χ1v) is 29.0. The first-order valence-electron chi connectivity index (χ1n) is 29.0. The number of rotatable bonds is 18. The standard InChI is InChI=1S/C61H72N4O19/c1-57-16-13-36(67)26-35(57)8-9-37-38-27-43-61(42(69)30-66,58(38,2)29-40(68)48(37)57)84-54(82-43)34-6-3-32(4-7-34)28-59-17-20-60(21-18-59,22-19-59)64-56(79)80-31-33-5-10-41(81-55-51(76)49(74)50(75)52(83-55)53(77)78)39(25-33)63-45(71)14-23-62-44(70)15-24-65-46(72)11-12-47(65)73/h3-7,10-13,16,25-26,37-38,40,43,48-52,54-55,66,68,74-76H,8-9,14-15,17-24,27-31H2,1-2H3,(H,62,70)(H,63,71)(H,64,79)(H,77,78)/t37-,38-,40-,43+,48+,49-,50-,51+,52-,54+,55+,57-,58-,59?,60?,61+/m0/s1. The van der Waals surface area contributed by atoms with Crippen LogP contribution in [0.1, 0.15) is 114 Å². The SMILES string of the molecule is C[C@]12C=CC(=O)C=C1CC[C@@H]1[C@@H]2[C@@H](O)C[C@@]2(C)[C@H]1C[C@H]1O[C@@H](c3ccc(CC45CCC(NC(=O)OCc6ccc(O[C@@H]7O[C@H](C(=O)O)[C@@H](O)[C@H](O)[C@H]7O)c(NC(=O)CCNC(=O)CCN7C(=O)C=CC7=O)c6)(CC4)CC5)cc3)O[C@]12C(=O)CO. The van der Waals surface area contributed by atoms with E-state index in [4.69, 9.17) is 23.7 Å². The number of carboxylic acid groups (broad SMARTS) is 1. The molecule has 0 radical (unpaired) electrons. The number of aliphatic hydroxyl groups excluding tert-OH is 5. The number of anilines is 1. The van der Waals surface area contributed by atoms with Crippen LogP contribution in [0, 0.1) is 34.0 Å². The largest absolute Gasteiger partial charge is 0.479 e. The number of benzene rings is 2. The molecule has 14 atom stereocenters. The van der Waals surface area contributed by atoms with Crippen LogP contribution in [-0.4, -0.2) is 157 Å². The van der Waals surface area contributed by atoms with E-state index in [0.29, 0.717) is 12.0 Å². The monoisotopic (exact) mass is 1160 g/mol. The van der Waals surface area contributed by atoms with Gasteiger partial charge in [0.2, 0.25) is 18.1 Å². The van der Waals surface area contributed by atoms with E-state index >= 15 is 0 Å². The average Bonchev–Trinajstić information content (AvgIpc) is 1.49. The number of ether oxygens (including phenoxy) is 5. The number of Topliss-reactive ketones (excluding diaryl/α,β-unsaturated/α-hetero) is 1. The summed E-state index contributed by atoms with van der Waals surface area (Å²) >= 11 is 0. The summed E-state index contributed by atoms with van der Waals surface area (Å²) in [5.74, 6) is -4.65. The van der Waals surface area contributed by atoms with E-state index < -0.39 is 119 Å². The van der Waals surface area contributed by atoms with Gasteiger partial charge in [0.1, 0.15) is 37.3 Å². The molecule has 2 aromatic carbocycles. The van der Waals surface area contributed by atoms with Gasteiger partial charge in [0, 0.05) is 65.9 Å². The first kappa shape index (κ1) is 59.0. The topological polar surface area (TPSA) is 343 Å². The number of alkyl carbamates (subject to hydrolysis) is 1. The zero-order valence-electron chi connectivity index (χ0n) is 46.7. The molecule has 9 N–H and O–H groups in total. The second-order valence-corrected chi connectivity index (χ2v) is 25.0. The van der Waals surface area contributed by atoms with Crippen molar-refractivity contribution in [3.63, 3.8) is 0 Å². The van der Waals surface area contributed by atoms with Gasteiger partial charge in [0.05, 0.1) is 17.9 Å². The number of aliphatic carboxylic acids is 1. The summed E-state index contributed by atoms with van der Waals surface area (Å²) in [5, 5.41) is 71.7. The van der Waals surface area contributed by atoms with Gasteiger partial charge in [-0.2, -0.15) is 0 Å². The lowest BCUT2D eigenvalue weighted by atomic mass is 9.46. The average molecular weight is 1170 g/mol. The fourth-order valence-electron chi connectivity index (χ4n) is 15.8. The molecule has 0 unspecified atom stereocenters. The Morgan fingerprint density at radius 3 is 2.21 bits per heavy atom. The summed E-state index contributed by atoms with van der Waals surface area (Å²) < 4.78 is 30.3. The predicted molar refractivity (Wildman–Crippen MR) is 291 cm³/mol. The summed E-state index contributed by atoms with van der Waals surface area (Å²) in [6.45, 7) is 2.83. The van der Waals surface area contributed by atoms with Crippen LogP contribution in [0.4, 0.5) is 10.5 Å². The molecule has 2 aromatic rings. The van der Waals surface area contributed by atoms with Crippen LogP contribution in [0.5, 0.6) is 5.75 Å². The number of ketones is 2. The van der Waals surface area contributed by atoms with Crippen LogP contribution < -0.4 is 20.7 Å².